The number of rotatable bonds is 36. The fourth-order valence-electron chi connectivity index (χ4n) is 3.92. The molecule has 2 N–H and O–H groups in total. The van der Waals surface area contributed by atoms with Crippen molar-refractivity contribution >= 4 is 25.0 Å². The number of carbonyl (C=O) groups is 4. The van der Waals surface area contributed by atoms with Crippen molar-refractivity contribution in [3.63, 3.8) is 0 Å². The normalized spacial score (nSPS) is 11.3. The number of nitrogens with zero attached hydrogens (tertiary/aromatic N) is 1. The van der Waals surface area contributed by atoms with Crippen molar-refractivity contribution in [1.29, 1.82) is 0 Å². The van der Waals surface area contributed by atoms with E-state index in [2.05, 4.69) is 66.0 Å². The summed E-state index contributed by atoms with van der Waals surface area (Å²) < 4.78 is 42.8. The average molecular weight is 798 g/mol. The van der Waals surface area contributed by atoms with Crippen LogP contribution in [0.5, 0.6) is 0 Å². The SMILES string of the molecule is CC(C)C.CCC(C)C(C)(CC)CC.CNC.O=CCCOCCOCCOCCOCCOCCOCCOCCOCCNC(=O)CCN(C=O)C=O. The second-order valence-corrected chi connectivity index (χ2v) is 13.3. The van der Waals surface area contributed by atoms with E-state index in [1.165, 1.54) is 19.3 Å². The van der Waals surface area contributed by atoms with Crippen LogP contribution in [-0.2, 0) is 57.1 Å². The minimum absolute atomic E-state index is 0.0498. The van der Waals surface area contributed by atoms with E-state index in [1.807, 2.05) is 14.1 Å². The molecule has 0 aliphatic rings. The third kappa shape index (κ3) is 51.9. The summed E-state index contributed by atoms with van der Waals surface area (Å²) >= 11 is 0. The first-order valence-electron chi connectivity index (χ1n) is 20.1. The van der Waals surface area contributed by atoms with Crippen molar-refractivity contribution in [2.45, 2.75) is 87.5 Å². The molecule has 0 aliphatic heterocycles. The smallest absolute Gasteiger partial charge is 0.221 e. The zero-order valence-electron chi connectivity index (χ0n) is 36.5. The highest BCUT2D eigenvalue weighted by molar-refractivity contribution is 5.77. The zero-order valence-corrected chi connectivity index (χ0v) is 36.5. The largest absolute Gasteiger partial charge is 0.379 e. The van der Waals surface area contributed by atoms with Gasteiger partial charge in [-0.1, -0.05) is 74.7 Å². The molecule has 3 amide bonds. The number of ether oxygens (including phenoxy) is 8. The molecule has 15 heteroatoms. The van der Waals surface area contributed by atoms with Crippen LogP contribution in [0.25, 0.3) is 0 Å². The molecule has 15 nitrogen and oxygen atoms in total. The maximum absolute atomic E-state index is 11.5. The maximum atomic E-state index is 11.5. The lowest BCUT2D eigenvalue weighted by Crippen LogP contribution is -2.31. The van der Waals surface area contributed by atoms with Crippen LogP contribution < -0.4 is 10.6 Å². The van der Waals surface area contributed by atoms with E-state index in [4.69, 9.17) is 37.9 Å². The van der Waals surface area contributed by atoms with Crippen LogP contribution in [0.3, 0.4) is 0 Å². The van der Waals surface area contributed by atoms with Gasteiger partial charge in [0.25, 0.3) is 0 Å². The first-order valence-corrected chi connectivity index (χ1v) is 20.1. The van der Waals surface area contributed by atoms with Crippen molar-refractivity contribution in [3.8, 4) is 0 Å². The van der Waals surface area contributed by atoms with Crippen molar-refractivity contribution < 1.29 is 57.1 Å². The lowest BCUT2D eigenvalue weighted by molar-refractivity contribution is -0.130. The standard InChI is InChI=1S/C24H44N2O12.C10H22.C4H10.C2H7N/c27-5-1-6-31-8-10-33-12-14-35-16-18-37-20-21-38-19-17-36-15-13-34-11-9-32-7-3-25-24(30)2-4-26(22-28)23-29;1-6-9(4)10(5,7-2)8-3;1-4(2)3;1-3-2/h5,22-23H,1-4,6-21H2,(H,25,30);9H,6-8H2,1-5H3;4H,1-3H3;3H,1-2H3. The second-order valence-electron chi connectivity index (χ2n) is 13.3. The molecule has 0 bridgehead atoms. The van der Waals surface area contributed by atoms with E-state index in [-0.39, 0.29) is 18.9 Å². The Bertz CT molecular complexity index is 782. The number of aldehydes is 1. The van der Waals surface area contributed by atoms with Crippen LogP contribution in [0.4, 0.5) is 0 Å². The van der Waals surface area contributed by atoms with Gasteiger partial charge in [-0.2, -0.15) is 0 Å². The Morgan fingerprint density at radius 1 is 0.600 bits per heavy atom. The van der Waals surface area contributed by atoms with E-state index in [9.17, 15) is 19.2 Å². The van der Waals surface area contributed by atoms with E-state index < -0.39 is 0 Å². The Morgan fingerprint density at radius 2 is 0.909 bits per heavy atom. The van der Waals surface area contributed by atoms with Gasteiger partial charge in [-0.15, -0.1) is 0 Å². The highest BCUT2D eigenvalue weighted by Crippen LogP contribution is 2.35. The fourth-order valence-corrected chi connectivity index (χ4v) is 3.92. The van der Waals surface area contributed by atoms with Gasteiger partial charge in [-0.3, -0.25) is 19.3 Å². The van der Waals surface area contributed by atoms with Crippen molar-refractivity contribution in [1.82, 2.24) is 15.5 Å². The van der Waals surface area contributed by atoms with Gasteiger partial charge in [0.05, 0.1) is 106 Å². The molecule has 0 saturated heterocycles. The number of nitrogens with one attached hydrogen (secondary N) is 2. The molecule has 0 aliphatic carbocycles. The zero-order chi connectivity index (χ0) is 42.3. The highest BCUT2D eigenvalue weighted by atomic mass is 16.6. The van der Waals surface area contributed by atoms with Gasteiger partial charge in [0.15, 0.2) is 0 Å². The van der Waals surface area contributed by atoms with E-state index >= 15 is 0 Å². The summed E-state index contributed by atoms with van der Waals surface area (Å²) in [6.45, 7) is 25.7. The van der Waals surface area contributed by atoms with E-state index in [0.29, 0.717) is 137 Å². The maximum Gasteiger partial charge on any atom is 0.221 e. The highest BCUT2D eigenvalue weighted by Gasteiger charge is 2.25. The van der Waals surface area contributed by atoms with Crippen LogP contribution >= 0.6 is 0 Å². The summed E-state index contributed by atoms with van der Waals surface area (Å²) in [4.78, 5) is 43.4. The summed E-state index contributed by atoms with van der Waals surface area (Å²) in [5.41, 5.74) is 0.592. The summed E-state index contributed by atoms with van der Waals surface area (Å²) in [6.07, 6.45) is 5.98. The molecule has 0 aromatic heterocycles. The lowest BCUT2D eigenvalue weighted by atomic mass is 9.73. The van der Waals surface area contributed by atoms with Gasteiger partial charge in [0, 0.05) is 25.9 Å². The monoisotopic (exact) mass is 798 g/mol. The van der Waals surface area contributed by atoms with Gasteiger partial charge in [0.2, 0.25) is 18.7 Å². The van der Waals surface area contributed by atoms with Crippen LogP contribution in [0, 0.1) is 17.3 Å². The minimum Gasteiger partial charge on any atom is -0.379 e. The van der Waals surface area contributed by atoms with Gasteiger partial charge in [-0.25, -0.2) is 0 Å². The second kappa shape index (κ2) is 49.9. The molecule has 0 spiro atoms. The molecule has 55 heavy (non-hydrogen) atoms. The van der Waals surface area contributed by atoms with E-state index in [0.717, 1.165) is 23.0 Å². The molecule has 0 rings (SSSR count). The van der Waals surface area contributed by atoms with E-state index in [1.54, 1.807) is 0 Å². The number of hydrogen-bond donors (Lipinski definition) is 2. The summed E-state index contributed by atoms with van der Waals surface area (Å²) in [5.74, 6) is 1.45. The molecule has 0 fully saturated rings. The molecule has 1 unspecified atom stereocenters. The Kier molecular flexibility index (Phi) is 54.1. The van der Waals surface area contributed by atoms with Gasteiger partial charge in [-0.05, 0) is 31.3 Å². The number of imide groups is 1. The predicted octanol–water partition coefficient (Wildman–Crippen LogP) is 4.19. The molecule has 0 saturated carbocycles. The van der Waals surface area contributed by atoms with Crippen LogP contribution in [0.15, 0.2) is 0 Å². The number of amides is 3. The first kappa shape index (κ1) is 59.6. The lowest BCUT2D eigenvalue weighted by Gasteiger charge is -2.33. The Morgan fingerprint density at radius 3 is 1.16 bits per heavy atom. The molecule has 0 aromatic rings. The number of carbonyl (C=O) groups excluding carboxylic acids is 4. The fraction of sp³-hybridized carbons (Fsp3) is 0.900. The van der Waals surface area contributed by atoms with Crippen molar-refractivity contribution in [2.24, 2.45) is 17.3 Å². The molecule has 0 aromatic carbocycles. The molecule has 1 atom stereocenters. The van der Waals surface area contributed by atoms with Crippen molar-refractivity contribution in [3.05, 3.63) is 0 Å². The molecule has 0 heterocycles. The topological polar surface area (TPSA) is 169 Å². The van der Waals surface area contributed by atoms with Crippen LogP contribution in [-0.4, -0.2) is 163 Å². The Hall–Kier alpha value is -2.08. The summed E-state index contributed by atoms with van der Waals surface area (Å²) in [5, 5.41) is 5.38. The molecule has 330 valence electrons. The summed E-state index contributed by atoms with van der Waals surface area (Å²) in [7, 11) is 3.75. The van der Waals surface area contributed by atoms with Gasteiger partial charge < -0.3 is 53.3 Å². The minimum atomic E-state index is -0.262. The summed E-state index contributed by atoms with van der Waals surface area (Å²) in [6, 6.07) is 0. The average Bonchev–Trinajstić information content (AvgIpc) is 3.17. The van der Waals surface area contributed by atoms with Gasteiger partial charge in [0.1, 0.15) is 6.29 Å². The van der Waals surface area contributed by atoms with Gasteiger partial charge >= 0.3 is 0 Å². The molecular weight excluding hydrogens is 714 g/mol. The predicted molar refractivity (Wildman–Crippen MR) is 217 cm³/mol. The van der Waals surface area contributed by atoms with Crippen LogP contribution in [0.2, 0.25) is 0 Å². The Balaban J connectivity index is -0.000000631. The van der Waals surface area contributed by atoms with Crippen molar-refractivity contribution in [2.75, 3.05) is 133 Å². The quantitative estimate of drug-likeness (QED) is 0.0685. The third-order valence-electron chi connectivity index (χ3n) is 7.84. The molecular formula is C40H83N3O12. The first-order chi connectivity index (χ1) is 26.5. The number of hydrogen-bond acceptors (Lipinski definition) is 13. The molecule has 0 radical (unpaired) electrons. The Labute approximate surface area is 334 Å². The third-order valence-corrected chi connectivity index (χ3v) is 7.84. The van der Waals surface area contributed by atoms with Crippen LogP contribution in [0.1, 0.15) is 87.5 Å².